The smallest absolute Gasteiger partial charge is 0.322 e. The summed E-state index contributed by atoms with van der Waals surface area (Å²) in [6.07, 6.45) is 8.88. The fourth-order valence-corrected chi connectivity index (χ4v) is 4.17. The molecule has 1 aromatic heterocycles. The summed E-state index contributed by atoms with van der Waals surface area (Å²) in [6, 6.07) is 12.6. The highest BCUT2D eigenvalue weighted by Gasteiger charge is 2.62. The average molecular weight is 318 g/mol. The Bertz CT molecular complexity index is 794. The van der Waals surface area contributed by atoms with E-state index in [0.717, 1.165) is 18.4 Å². The van der Waals surface area contributed by atoms with Crippen LogP contribution in [0.25, 0.3) is 0 Å². The predicted molar refractivity (Wildman–Crippen MR) is 88.2 cm³/mol. The first-order valence-corrected chi connectivity index (χ1v) is 8.29. The summed E-state index contributed by atoms with van der Waals surface area (Å²) in [5.74, 6) is 0.273. The normalized spacial score (nSPS) is 19.6. The van der Waals surface area contributed by atoms with Crippen molar-refractivity contribution in [3.8, 4) is 11.8 Å². The average Bonchev–Trinajstić information content (AvgIpc) is 2.54. The Morgan fingerprint density at radius 3 is 2.46 bits per heavy atom. The van der Waals surface area contributed by atoms with Gasteiger partial charge in [0.1, 0.15) is 5.75 Å². The van der Waals surface area contributed by atoms with Crippen LogP contribution in [-0.4, -0.2) is 11.0 Å². The second-order valence-corrected chi connectivity index (χ2v) is 7.06. The highest BCUT2D eigenvalue weighted by atomic mass is 16.5. The highest BCUT2D eigenvalue weighted by Crippen LogP contribution is 2.65. The number of ether oxygens (including phenoxy) is 1. The van der Waals surface area contributed by atoms with E-state index < -0.39 is 5.41 Å². The molecule has 0 N–H and O–H groups in total. The monoisotopic (exact) mass is 318 g/mol. The minimum Gasteiger partial charge on any atom is -0.426 e. The Hall–Kier alpha value is -2.67. The van der Waals surface area contributed by atoms with Gasteiger partial charge in [-0.25, -0.2) is 0 Å². The van der Waals surface area contributed by atoms with E-state index in [-0.39, 0.29) is 5.97 Å². The van der Waals surface area contributed by atoms with Gasteiger partial charge < -0.3 is 4.74 Å². The zero-order valence-electron chi connectivity index (χ0n) is 13.4. The third-order valence-electron chi connectivity index (χ3n) is 5.57. The van der Waals surface area contributed by atoms with Crippen LogP contribution in [0.3, 0.4) is 0 Å². The van der Waals surface area contributed by atoms with E-state index in [4.69, 9.17) is 10.00 Å². The number of nitriles is 1. The summed E-state index contributed by atoms with van der Waals surface area (Å²) in [4.78, 5) is 17.2. The van der Waals surface area contributed by atoms with Gasteiger partial charge in [0.05, 0.1) is 17.0 Å². The SMILES string of the molecule is N#Cc1ccc(OC(=O)C2(c3cccnc3)CC3(CCC3)C2)cc1. The molecule has 4 heteroatoms. The van der Waals surface area contributed by atoms with Crippen molar-refractivity contribution in [2.24, 2.45) is 5.41 Å². The number of carbonyl (C=O) groups excluding carboxylic acids is 1. The van der Waals surface area contributed by atoms with Gasteiger partial charge in [-0.15, -0.1) is 0 Å². The maximum Gasteiger partial charge on any atom is 0.322 e. The lowest BCUT2D eigenvalue weighted by atomic mass is 9.44. The molecule has 2 aromatic rings. The third kappa shape index (κ3) is 2.28. The Balaban J connectivity index is 1.59. The van der Waals surface area contributed by atoms with E-state index in [1.165, 1.54) is 19.3 Å². The molecule has 0 bridgehead atoms. The lowest BCUT2D eigenvalue weighted by Crippen LogP contribution is -2.58. The van der Waals surface area contributed by atoms with Gasteiger partial charge in [0.15, 0.2) is 0 Å². The van der Waals surface area contributed by atoms with Crippen molar-refractivity contribution < 1.29 is 9.53 Å². The molecule has 4 nitrogen and oxygen atoms in total. The van der Waals surface area contributed by atoms with Crippen LogP contribution < -0.4 is 4.74 Å². The summed E-state index contributed by atoms with van der Waals surface area (Å²) in [6.45, 7) is 0. The number of aromatic nitrogens is 1. The van der Waals surface area contributed by atoms with Gasteiger partial charge in [0, 0.05) is 12.4 Å². The molecule has 0 radical (unpaired) electrons. The van der Waals surface area contributed by atoms with Crippen molar-refractivity contribution in [2.45, 2.75) is 37.5 Å². The molecule has 1 aromatic carbocycles. The number of pyridine rings is 1. The van der Waals surface area contributed by atoms with Crippen molar-refractivity contribution in [1.29, 1.82) is 5.26 Å². The summed E-state index contributed by atoms with van der Waals surface area (Å²) < 4.78 is 5.66. The molecule has 1 spiro atoms. The third-order valence-corrected chi connectivity index (χ3v) is 5.57. The minimum absolute atomic E-state index is 0.210. The lowest BCUT2D eigenvalue weighted by Gasteiger charge is -2.59. The fourth-order valence-electron chi connectivity index (χ4n) is 4.17. The number of rotatable bonds is 3. The number of esters is 1. The maximum absolute atomic E-state index is 13.0. The van der Waals surface area contributed by atoms with E-state index >= 15 is 0 Å². The zero-order valence-corrected chi connectivity index (χ0v) is 13.4. The maximum atomic E-state index is 13.0. The van der Waals surface area contributed by atoms with Crippen LogP contribution in [0.5, 0.6) is 5.75 Å². The largest absolute Gasteiger partial charge is 0.426 e. The van der Waals surface area contributed by atoms with E-state index in [1.54, 1.807) is 36.7 Å². The van der Waals surface area contributed by atoms with Crippen molar-refractivity contribution in [3.05, 3.63) is 59.9 Å². The van der Waals surface area contributed by atoms with E-state index in [1.807, 2.05) is 12.1 Å². The van der Waals surface area contributed by atoms with Gasteiger partial charge in [0.2, 0.25) is 0 Å². The summed E-state index contributed by atoms with van der Waals surface area (Å²) in [5.41, 5.74) is 1.25. The van der Waals surface area contributed by atoms with Gasteiger partial charge in [-0.2, -0.15) is 5.26 Å². The second kappa shape index (κ2) is 5.45. The summed E-state index contributed by atoms with van der Waals surface area (Å²) in [7, 11) is 0. The quantitative estimate of drug-likeness (QED) is 0.638. The second-order valence-electron chi connectivity index (χ2n) is 7.06. The van der Waals surface area contributed by atoms with Crippen molar-refractivity contribution >= 4 is 5.97 Å². The molecule has 2 fully saturated rings. The van der Waals surface area contributed by atoms with Crippen LogP contribution in [0.4, 0.5) is 0 Å². The van der Waals surface area contributed by atoms with Crippen LogP contribution in [0, 0.1) is 16.7 Å². The minimum atomic E-state index is -0.581. The Morgan fingerprint density at radius 1 is 1.17 bits per heavy atom. The van der Waals surface area contributed by atoms with Gasteiger partial charge >= 0.3 is 5.97 Å². The molecule has 1 heterocycles. The predicted octanol–water partition coefficient (Wildman–Crippen LogP) is 3.76. The fraction of sp³-hybridized carbons (Fsp3) is 0.350. The summed E-state index contributed by atoms with van der Waals surface area (Å²) >= 11 is 0. The first-order chi connectivity index (χ1) is 11.7. The van der Waals surface area contributed by atoms with Gasteiger partial charge in [-0.1, -0.05) is 12.5 Å². The zero-order chi connectivity index (χ0) is 16.6. The van der Waals surface area contributed by atoms with Crippen molar-refractivity contribution in [1.82, 2.24) is 4.98 Å². The topological polar surface area (TPSA) is 63.0 Å². The number of nitrogens with zero attached hydrogens (tertiary/aromatic N) is 2. The Morgan fingerprint density at radius 2 is 1.92 bits per heavy atom. The molecule has 120 valence electrons. The molecule has 0 atom stereocenters. The standard InChI is InChI=1S/C20H18N2O2/c21-11-15-4-6-17(7-5-15)24-18(23)20(16-3-1-10-22-12-16)13-19(14-20)8-2-9-19/h1,3-7,10,12H,2,8-9,13-14H2. The molecule has 0 amide bonds. The van der Waals surface area contributed by atoms with E-state index in [2.05, 4.69) is 11.1 Å². The molecule has 2 aliphatic rings. The molecular formula is C20H18N2O2. The Kier molecular flexibility index (Phi) is 3.38. The first-order valence-electron chi connectivity index (χ1n) is 8.29. The summed E-state index contributed by atoms with van der Waals surface area (Å²) in [5, 5.41) is 8.86. The highest BCUT2D eigenvalue weighted by molar-refractivity contribution is 5.86. The van der Waals surface area contributed by atoms with Crippen LogP contribution in [-0.2, 0) is 10.2 Å². The molecule has 4 rings (SSSR count). The van der Waals surface area contributed by atoms with E-state index in [0.29, 0.717) is 16.7 Å². The number of carbonyl (C=O) groups is 1. The van der Waals surface area contributed by atoms with Crippen LogP contribution in [0.1, 0.15) is 43.2 Å². The molecule has 2 aliphatic carbocycles. The van der Waals surface area contributed by atoms with Crippen molar-refractivity contribution in [3.63, 3.8) is 0 Å². The van der Waals surface area contributed by atoms with Crippen molar-refractivity contribution in [2.75, 3.05) is 0 Å². The van der Waals surface area contributed by atoms with Gasteiger partial charge in [-0.3, -0.25) is 9.78 Å². The lowest BCUT2D eigenvalue weighted by molar-refractivity contribution is -0.157. The number of hydrogen-bond acceptors (Lipinski definition) is 4. The Labute approximate surface area is 141 Å². The molecule has 0 saturated heterocycles. The van der Waals surface area contributed by atoms with Crippen LogP contribution >= 0.6 is 0 Å². The van der Waals surface area contributed by atoms with Gasteiger partial charge in [-0.05, 0) is 67.0 Å². The van der Waals surface area contributed by atoms with Crippen LogP contribution in [0.2, 0.25) is 0 Å². The molecule has 0 aliphatic heterocycles. The van der Waals surface area contributed by atoms with E-state index in [9.17, 15) is 4.79 Å². The first kappa shape index (κ1) is 14.9. The van der Waals surface area contributed by atoms with Crippen LogP contribution in [0.15, 0.2) is 48.8 Å². The molecule has 24 heavy (non-hydrogen) atoms. The number of hydrogen-bond donors (Lipinski definition) is 0. The molecule has 2 saturated carbocycles. The molecule has 0 unspecified atom stereocenters. The van der Waals surface area contributed by atoms with Gasteiger partial charge in [0.25, 0.3) is 0 Å². The molecular weight excluding hydrogens is 300 g/mol. The number of benzene rings is 1.